The summed E-state index contributed by atoms with van der Waals surface area (Å²) in [4.78, 5) is 2.29. The zero-order valence-electron chi connectivity index (χ0n) is 9.11. The summed E-state index contributed by atoms with van der Waals surface area (Å²) in [5.74, 6) is 0.777. The molecular weight excluding hydrogens is 178 g/mol. The van der Waals surface area contributed by atoms with Gasteiger partial charge in [-0.2, -0.15) is 0 Å². The van der Waals surface area contributed by atoms with Gasteiger partial charge in [-0.05, 0) is 25.8 Å². The molecule has 1 fully saturated rings. The highest BCUT2D eigenvalue weighted by Gasteiger charge is 2.16. The van der Waals surface area contributed by atoms with Gasteiger partial charge in [0.05, 0.1) is 0 Å². The third kappa shape index (κ3) is 4.37. The second-order valence-corrected chi connectivity index (χ2v) is 4.27. The predicted octanol–water partition coefficient (Wildman–Crippen LogP) is -0.369. The molecule has 1 heterocycles. The van der Waals surface area contributed by atoms with Crippen LogP contribution in [0.1, 0.15) is 12.8 Å². The van der Waals surface area contributed by atoms with Crippen molar-refractivity contribution in [2.75, 3.05) is 39.9 Å². The summed E-state index contributed by atoms with van der Waals surface area (Å²) in [6.45, 7) is 4.42. The van der Waals surface area contributed by atoms with Crippen LogP contribution in [0.25, 0.3) is 0 Å². The van der Waals surface area contributed by atoms with Gasteiger partial charge >= 0.3 is 0 Å². The number of hydrogen-bond donors (Lipinski definition) is 2. The van der Waals surface area contributed by atoms with Crippen molar-refractivity contribution in [2.45, 2.75) is 18.9 Å². The lowest BCUT2D eigenvalue weighted by molar-refractivity contribution is 0.0552. The average Bonchev–Trinajstić information content (AvgIpc) is 2.19. The van der Waals surface area contributed by atoms with E-state index >= 15 is 0 Å². The van der Waals surface area contributed by atoms with Crippen LogP contribution >= 0.6 is 0 Å². The Bertz CT molecular complexity index is 148. The van der Waals surface area contributed by atoms with Gasteiger partial charge in [0.2, 0.25) is 0 Å². The van der Waals surface area contributed by atoms with Gasteiger partial charge in [0, 0.05) is 38.9 Å². The fourth-order valence-electron chi connectivity index (χ4n) is 1.92. The molecule has 0 aromatic carbocycles. The minimum atomic E-state index is 0.111. The predicted molar refractivity (Wildman–Crippen MR) is 58.1 cm³/mol. The van der Waals surface area contributed by atoms with Crippen LogP contribution < -0.4 is 11.5 Å². The summed E-state index contributed by atoms with van der Waals surface area (Å²) in [6, 6.07) is 0.111. The Morgan fingerprint density at radius 2 is 2.07 bits per heavy atom. The molecule has 1 rings (SSSR count). The Labute approximate surface area is 86.6 Å². The summed E-state index contributed by atoms with van der Waals surface area (Å²) < 4.78 is 5.32. The van der Waals surface area contributed by atoms with Crippen molar-refractivity contribution >= 4 is 0 Å². The van der Waals surface area contributed by atoms with Gasteiger partial charge in [0.1, 0.15) is 0 Å². The third-order valence-corrected chi connectivity index (χ3v) is 2.76. The molecule has 4 N–H and O–H groups in total. The van der Waals surface area contributed by atoms with Crippen molar-refractivity contribution in [1.82, 2.24) is 4.90 Å². The van der Waals surface area contributed by atoms with Crippen LogP contribution in [0, 0.1) is 5.92 Å². The standard InChI is InChI=1S/C10H23N3O/c1-13(8-10(12)6-11)7-9-2-4-14-5-3-9/h9-10H,2-8,11-12H2,1H3. The van der Waals surface area contributed by atoms with E-state index in [2.05, 4.69) is 11.9 Å². The van der Waals surface area contributed by atoms with E-state index in [1.807, 2.05) is 0 Å². The van der Waals surface area contributed by atoms with Gasteiger partial charge in [-0.25, -0.2) is 0 Å². The Balaban J connectivity index is 2.14. The van der Waals surface area contributed by atoms with Gasteiger partial charge in [-0.15, -0.1) is 0 Å². The zero-order chi connectivity index (χ0) is 10.4. The lowest BCUT2D eigenvalue weighted by Gasteiger charge is -2.28. The van der Waals surface area contributed by atoms with Crippen molar-refractivity contribution < 1.29 is 4.74 Å². The van der Waals surface area contributed by atoms with Gasteiger partial charge in [0.15, 0.2) is 0 Å². The smallest absolute Gasteiger partial charge is 0.0469 e. The molecule has 84 valence electrons. The van der Waals surface area contributed by atoms with E-state index in [9.17, 15) is 0 Å². The van der Waals surface area contributed by atoms with Crippen LogP contribution in [-0.4, -0.2) is 50.8 Å². The highest BCUT2D eigenvalue weighted by atomic mass is 16.5. The molecule has 4 nitrogen and oxygen atoms in total. The quantitative estimate of drug-likeness (QED) is 0.637. The van der Waals surface area contributed by atoms with Crippen molar-refractivity contribution in [3.05, 3.63) is 0 Å². The van der Waals surface area contributed by atoms with Crippen LogP contribution in [0.5, 0.6) is 0 Å². The zero-order valence-corrected chi connectivity index (χ0v) is 9.11. The van der Waals surface area contributed by atoms with E-state index in [0.29, 0.717) is 6.54 Å². The van der Waals surface area contributed by atoms with Gasteiger partial charge in [-0.3, -0.25) is 0 Å². The number of hydrogen-bond acceptors (Lipinski definition) is 4. The molecule has 0 spiro atoms. The molecule has 0 aromatic heterocycles. The summed E-state index contributed by atoms with van der Waals surface area (Å²) in [5, 5.41) is 0. The maximum absolute atomic E-state index is 5.79. The molecule has 1 saturated heterocycles. The van der Waals surface area contributed by atoms with Crippen molar-refractivity contribution in [2.24, 2.45) is 17.4 Å². The first-order valence-corrected chi connectivity index (χ1v) is 5.44. The van der Waals surface area contributed by atoms with E-state index in [1.165, 1.54) is 12.8 Å². The molecule has 0 aromatic rings. The maximum atomic E-state index is 5.79. The molecule has 1 aliphatic heterocycles. The van der Waals surface area contributed by atoms with Crippen molar-refractivity contribution in [1.29, 1.82) is 0 Å². The Kier molecular flexibility index (Phi) is 5.40. The van der Waals surface area contributed by atoms with E-state index in [-0.39, 0.29) is 6.04 Å². The second kappa shape index (κ2) is 6.35. The topological polar surface area (TPSA) is 64.5 Å². The number of ether oxygens (including phenoxy) is 1. The largest absolute Gasteiger partial charge is 0.381 e. The molecule has 14 heavy (non-hydrogen) atoms. The van der Waals surface area contributed by atoms with Crippen LogP contribution in [0.2, 0.25) is 0 Å². The molecule has 1 aliphatic rings. The van der Waals surface area contributed by atoms with Crippen LogP contribution in [-0.2, 0) is 4.74 Å². The summed E-state index contributed by atoms with van der Waals surface area (Å²) in [6.07, 6.45) is 2.37. The van der Waals surface area contributed by atoms with Crippen molar-refractivity contribution in [3.63, 3.8) is 0 Å². The van der Waals surface area contributed by atoms with Crippen LogP contribution in [0.15, 0.2) is 0 Å². The third-order valence-electron chi connectivity index (χ3n) is 2.76. The number of nitrogens with two attached hydrogens (primary N) is 2. The van der Waals surface area contributed by atoms with Crippen LogP contribution in [0.4, 0.5) is 0 Å². The van der Waals surface area contributed by atoms with Gasteiger partial charge < -0.3 is 21.1 Å². The Hall–Kier alpha value is -0.160. The highest BCUT2D eigenvalue weighted by molar-refractivity contribution is 4.71. The molecule has 1 unspecified atom stereocenters. The van der Waals surface area contributed by atoms with Crippen LogP contribution in [0.3, 0.4) is 0 Å². The van der Waals surface area contributed by atoms with Crippen molar-refractivity contribution in [3.8, 4) is 0 Å². The lowest BCUT2D eigenvalue weighted by Crippen LogP contribution is -2.42. The van der Waals surface area contributed by atoms with E-state index < -0.39 is 0 Å². The maximum Gasteiger partial charge on any atom is 0.0469 e. The minimum Gasteiger partial charge on any atom is -0.381 e. The summed E-state index contributed by atoms with van der Waals surface area (Å²) in [7, 11) is 2.12. The minimum absolute atomic E-state index is 0.111. The normalized spacial score (nSPS) is 21.4. The first-order chi connectivity index (χ1) is 6.72. The fourth-order valence-corrected chi connectivity index (χ4v) is 1.92. The second-order valence-electron chi connectivity index (χ2n) is 4.27. The van der Waals surface area contributed by atoms with E-state index in [4.69, 9.17) is 16.2 Å². The molecule has 1 atom stereocenters. The highest BCUT2D eigenvalue weighted by Crippen LogP contribution is 2.15. The molecule has 0 aliphatic carbocycles. The van der Waals surface area contributed by atoms with E-state index in [0.717, 1.165) is 32.2 Å². The van der Waals surface area contributed by atoms with Gasteiger partial charge in [-0.1, -0.05) is 0 Å². The first kappa shape index (κ1) is 11.9. The monoisotopic (exact) mass is 201 g/mol. The Morgan fingerprint density at radius 3 is 2.64 bits per heavy atom. The molecule has 4 heteroatoms. The molecular formula is C10H23N3O. The number of likely N-dealkylation sites (N-methyl/N-ethyl adjacent to an activating group) is 1. The number of nitrogens with zero attached hydrogens (tertiary/aromatic N) is 1. The summed E-state index contributed by atoms with van der Waals surface area (Å²) in [5.41, 5.74) is 11.3. The average molecular weight is 201 g/mol. The Morgan fingerprint density at radius 1 is 1.43 bits per heavy atom. The SMILES string of the molecule is CN(CC(N)CN)CC1CCOCC1. The lowest BCUT2D eigenvalue weighted by atomic mass is 10.00. The number of rotatable bonds is 5. The molecule has 0 saturated carbocycles. The first-order valence-electron chi connectivity index (χ1n) is 5.44. The van der Waals surface area contributed by atoms with E-state index in [1.54, 1.807) is 0 Å². The summed E-state index contributed by atoms with van der Waals surface area (Å²) >= 11 is 0. The van der Waals surface area contributed by atoms with Gasteiger partial charge in [0.25, 0.3) is 0 Å². The molecule has 0 bridgehead atoms. The fraction of sp³-hybridized carbons (Fsp3) is 1.00. The molecule has 0 radical (unpaired) electrons. The molecule has 0 amide bonds.